The molecular weight excluding hydrogens is 340 g/mol. The van der Waals surface area contributed by atoms with Crippen LogP contribution in [0.3, 0.4) is 0 Å². The van der Waals surface area contributed by atoms with E-state index in [9.17, 15) is 9.59 Å². The number of aromatic nitrogens is 1. The Bertz CT molecular complexity index is 701. The van der Waals surface area contributed by atoms with E-state index in [1.165, 1.54) is 13.4 Å². The Morgan fingerprint density at radius 2 is 1.96 bits per heavy atom. The number of esters is 1. The molecule has 0 aliphatic carbocycles. The van der Waals surface area contributed by atoms with Crippen molar-refractivity contribution in [3.8, 4) is 5.75 Å². The molecule has 8 heteroatoms. The molecule has 1 aromatic heterocycles. The SMILES string of the molecule is COCCCN(Cc1nc(C(=O)OC)co1)C(=O)COc1ccccc1. The summed E-state index contributed by atoms with van der Waals surface area (Å²) in [5, 5.41) is 0. The van der Waals surface area contributed by atoms with Crippen molar-refractivity contribution in [3.63, 3.8) is 0 Å². The molecular formula is C18H22N2O6. The predicted molar refractivity (Wildman–Crippen MR) is 91.7 cm³/mol. The van der Waals surface area contributed by atoms with Crippen molar-refractivity contribution in [3.05, 3.63) is 48.2 Å². The first-order valence-electron chi connectivity index (χ1n) is 8.11. The molecule has 0 saturated heterocycles. The molecule has 0 bridgehead atoms. The fourth-order valence-corrected chi connectivity index (χ4v) is 2.19. The van der Waals surface area contributed by atoms with E-state index in [0.717, 1.165) is 0 Å². The number of hydrogen-bond acceptors (Lipinski definition) is 7. The summed E-state index contributed by atoms with van der Waals surface area (Å²) < 4.78 is 20.4. The topological polar surface area (TPSA) is 91.1 Å². The number of para-hydroxylation sites is 1. The number of rotatable bonds is 10. The highest BCUT2D eigenvalue weighted by Gasteiger charge is 2.19. The van der Waals surface area contributed by atoms with E-state index in [-0.39, 0.29) is 30.6 Å². The van der Waals surface area contributed by atoms with Gasteiger partial charge in [0, 0.05) is 20.3 Å². The molecule has 0 fully saturated rings. The average Bonchev–Trinajstić information content (AvgIpc) is 3.14. The van der Waals surface area contributed by atoms with Gasteiger partial charge in [-0.15, -0.1) is 0 Å². The van der Waals surface area contributed by atoms with Crippen molar-refractivity contribution in [2.45, 2.75) is 13.0 Å². The van der Waals surface area contributed by atoms with Crippen molar-refractivity contribution in [2.75, 3.05) is 34.0 Å². The zero-order valence-corrected chi connectivity index (χ0v) is 14.8. The number of benzene rings is 1. The minimum atomic E-state index is -0.593. The third-order valence-electron chi connectivity index (χ3n) is 3.51. The van der Waals surface area contributed by atoms with Gasteiger partial charge in [-0.05, 0) is 18.6 Å². The van der Waals surface area contributed by atoms with Crippen LogP contribution in [0.25, 0.3) is 0 Å². The van der Waals surface area contributed by atoms with Crippen molar-refractivity contribution < 1.29 is 28.2 Å². The third-order valence-corrected chi connectivity index (χ3v) is 3.51. The lowest BCUT2D eigenvalue weighted by Crippen LogP contribution is -2.35. The Kier molecular flexibility index (Phi) is 7.63. The largest absolute Gasteiger partial charge is 0.484 e. The number of oxazole rings is 1. The molecule has 0 saturated carbocycles. The lowest BCUT2D eigenvalue weighted by atomic mass is 10.3. The lowest BCUT2D eigenvalue weighted by Gasteiger charge is -2.21. The Balaban J connectivity index is 1.98. The highest BCUT2D eigenvalue weighted by Crippen LogP contribution is 2.11. The van der Waals surface area contributed by atoms with E-state index in [0.29, 0.717) is 25.3 Å². The average molecular weight is 362 g/mol. The summed E-state index contributed by atoms with van der Waals surface area (Å²) in [5.74, 6) is 0.0464. The second-order valence-corrected chi connectivity index (χ2v) is 5.38. The second kappa shape index (κ2) is 10.2. The molecule has 8 nitrogen and oxygen atoms in total. The maximum atomic E-state index is 12.5. The van der Waals surface area contributed by atoms with Crippen molar-refractivity contribution in [1.29, 1.82) is 0 Å². The van der Waals surface area contributed by atoms with Crippen LogP contribution in [0.1, 0.15) is 22.8 Å². The number of carbonyl (C=O) groups is 2. The first kappa shape index (κ1) is 19.5. The zero-order valence-electron chi connectivity index (χ0n) is 14.8. The van der Waals surface area contributed by atoms with Gasteiger partial charge >= 0.3 is 5.97 Å². The van der Waals surface area contributed by atoms with Crippen LogP contribution in [0.5, 0.6) is 5.75 Å². The maximum absolute atomic E-state index is 12.5. The second-order valence-electron chi connectivity index (χ2n) is 5.38. The quantitative estimate of drug-likeness (QED) is 0.471. The summed E-state index contributed by atoms with van der Waals surface area (Å²) >= 11 is 0. The fourth-order valence-electron chi connectivity index (χ4n) is 2.19. The molecule has 1 amide bonds. The number of carbonyl (C=O) groups excluding carboxylic acids is 2. The van der Waals surface area contributed by atoms with Crippen LogP contribution in [0.2, 0.25) is 0 Å². The summed E-state index contributed by atoms with van der Waals surface area (Å²) in [5.41, 5.74) is 0.0623. The van der Waals surface area contributed by atoms with Gasteiger partial charge in [-0.3, -0.25) is 4.79 Å². The van der Waals surface area contributed by atoms with Gasteiger partial charge in [0.25, 0.3) is 5.91 Å². The Hall–Kier alpha value is -2.87. The van der Waals surface area contributed by atoms with Gasteiger partial charge in [-0.25, -0.2) is 9.78 Å². The number of hydrogen-bond donors (Lipinski definition) is 0. The minimum absolute atomic E-state index is 0.0623. The minimum Gasteiger partial charge on any atom is -0.484 e. The van der Waals surface area contributed by atoms with E-state index in [1.54, 1.807) is 24.1 Å². The highest BCUT2D eigenvalue weighted by molar-refractivity contribution is 5.86. The van der Waals surface area contributed by atoms with E-state index >= 15 is 0 Å². The van der Waals surface area contributed by atoms with Gasteiger partial charge in [-0.1, -0.05) is 18.2 Å². The molecule has 0 radical (unpaired) electrons. The van der Waals surface area contributed by atoms with Crippen LogP contribution in [-0.4, -0.2) is 55.7 Å². The monoisotopic (exact) mass is 362 g/mol. The number of amides is 1. The number of ether oxygens (including phenoxy) is 3. The summed E-state index contributed by atoms with van der Waals surface area (Å²) in [4.78, 5) is 29.6. The molecule has 0 N–H and O–H groups in total. The number of nitrogens with zero attached hydrogens (tertiary/aromatic N) is 2. The molecule has 26 heavy (non-hydrogen) atoms. The van der Waals surface area contributed by atoms with Crippen molar-refractivity contribution in [2.24, 2.45) is 0 Å². The van der Waals surface area contributed by atoms with E-state index in [4.69, 9.17) is 13.9 Å². The fraction of sp³-hybridized carbons (Fsp3) is 0.389. The Morgan fingerprint density at radius 3 is 2.65 bits per heavy atom. The molecule has 2 rings (SSSR count). The third kappa shape index (κ3) is 5.89. The number of methoxy groups -OCH3 is 2. The van der Waals surface area contributed by atoms with Crippen LogP contribution in [0.15, 0.2) is 41.0 Å². The van der Waals surface area contributed by atoms with Crippen LogP contribution in [-0.2, 0) is 20.8 Å². The first-order valence-corrected chi connectivity index (χ1v) is 8.11. The van der Waals surface area contributed by atoms with Gasteiger partial charge in [0.15, 0.2) is 12.3 Å². The van der Waals surface area contributed by atoms with E-state index < -0.39 is 5.97 Å². The van der Waals surface area contributed by atoms with Gasteiger partial charge in [-0.2, -0.15) is 0 Å². The van der Waals surface area contributed by atoms with Crippen LogP contribution < -0.4 is 4.74 Å². The lowest BCUT2D eigenvalue weighted by molar-refractivity contribution is -0.134. The molecule has 0 aliphatic heterocycles. The molecule has 0 aliphatic rings. The molecule has 1 aromatic carbocycles. The molecule has 2 aromatic rings. The van der Waals surface area contributed by atoms with Gasteiger partial charge < -0.3 is 23.5 Å². The first-order chi connectivity index (χ1) is 12.6. The summed E-state index contributed by atoms with van der Waals surface area (Å²) in [7, 11) is 2.86. The van der Waals surface area contributed by atoms with Crippen LogP contribution >= 0.6 is 0 Å². The van der Waals surface area contributed by atoms with E-state index in [1.807, 2.05) is 18.2 Å². The summed E-state index contributed by atoms with van der Waals surface area (Å²) in [6.07, 6.45) is 1.86. The van der Waals surface area contributed by atoms with Gasteiger partial charge in [0.1, 0.15) is 12.0 Å². The maximum Gasteiger partial charge on any atom is 0.360 e. The molecule has 140 valence electrons. The van der Waals surface area contributed by atoms with Crippen molar-refractivity contribution in [1.82, 2.24) is 9.88 Å². The molecule has 0 unspecified atom stereocenters. The van der Waals surface area contributed by atoms with Crippen molar-refractivity contribution >= 4 is 11.9 Å². The van der Waals surface area contributed by atoms with Crippen LogP contribution in [0.4, 0.5) is 0 Å². The van der Waals surface area contributed by atoms with Gasteiger partial charge in [0.05, 0.1) is 13.7 Å². The zero-order chi connectivity index (χ0) is 18.8. The Labute approximate surface area is 151 Å². The standard InChI is InChI=1S/C18H22N2O6/c1-23-10-6-9-20(11-16-19-15(12-26-16)18(22)24-2)17(21)13-25-14-7-4-3-5-8-14/h3-5,7-8,12H,6,9-11,13H2,1-2H3. The molecule has 0 atom stereocenters. The summed E-state index contributed by atoms with van der Waals surface area (Å²) in [6.45, 7) is 0.975. The van der Waals surface area contributed by atoms with Crippen LogP contribution in [0, 0.1) is 0 Å². The highest BCUT2D eigenvalue weighted by atomic mass is 16.5. The summed E-state index contributed by atoms with van der Waals surface area (Å²) in [6, 6.07) is 9.08. The predicted octanol–water partition coefficient (Wildman–Crippen LogP) is 1.91. The smallest absolute Gasteiger partial charge is 0.360 e. The molecule has 1 heterocycles. The Morgan fingerprint density at radius 1 is 1.19 bits per heavy atom. The normalized spacial score (nSPS) is 10.4. The van der Waals surface area contributed by atoms with E-state index in [2.05, 4.69) is 9.72 Å². The van der Waals surface area contributed by atoms with Gasteiger partial charge in [0.2, 0.25) is 5.89 Å². The molecule has 0 spiro atoms.